The maximum absolute atomic E-state index is 11.6. The second-order valence-electron chi connectivity index (χ2n) is 5.73. The Hall–Kier alpha value is -2.88. The van der Waals surface area contributed by atoms with Crippen molar-refractivity contribution in [3.63, 3.8) is 0 Å². The number of para-hydroxylation sites is 1. The third kappa shape index (κ3) is 3.71. The van der Waals surface area contributed by atoms with Crippen LogP contribution in [0.1, 0.15) is 24.2 Å². The van der Waals surface area contributed by atoms with Crippen LogP contribution in [0.5, 0.6) is 5.75 Å². The van der Waals surface area contributed by atoms with Gasteiger partial charge in [0.15, 0.2) is 0 Å². The van der Waals surface area contributed by atoms with Gasteiger partial charge in [0.25, 0.3) is 0 Å². The molecule has 0 spiro atoms. The SMILES string of the molecule is COc1ccc([C@@H](Cc2ccc3ccccc3n2)NC(C)=O)cc1. The number of pyridine rings is 1. The van der Waals surface area contributed by atoms with Crippen LogP contribution < -0.4 is 10.1 Å². The predicted octanol–water partition coefficient (Wildman–Crippen LogP) is 3.66. The minimum absolute atomic E-state index is 0.0587. The van der Waals surface area contributed by atoms with E-state index in [2.05, 4.69) is 11.4 Å². The first kappa shape index (κ1) is 16.0. The van der Waals surface area contributed by atoms with Gasteiger partial charge >= 0.3 is 0 Å². The number of amides is 1. The minimum atomic E-state index is -0.123. The highest BCUT2D eigenvalue weighted by molar-refractivity contribution is 5.78. The van der Waals surface area contributed by atoms with E-state index >= 15 is 0 Å². The molecule has 24 heavy (non-hydrogen) atoms. The number of nitrogens with zero attached hydrogens (tertiary/aromatic N) is 1. The Labute approximate surface area is 141 Å². The Kier molecular flexibility index (Phi) is 4.75. The van der Waals surface area contributed by atoms with Crippen molar-refractivity contribution in [2.75, 3.05) is 7.11 Å². The molecule has 1 N–H and O–H groups in total. The van der Waals surface area contributed by atoms with Crippen molar-refractivity contribution in [1.82, 2.24) is 10.3 Å². The molecule has 1 heterocycles. The molecular formula is C20H20N2O2. The number of carbonyl (C=O) groups excluding carboxylic acids is 1. The molecule has 0 aliphatic heterocycles. The quantitative estimate of drug-likeness (QED) is 0.780. The van der Waals surface area contributed by atoms with Crippen LogP contribution in [0.25, 0.3) is 10.9 Å². The first-order valence-electron chi connectivity index (χ1n) is 7.91. The first-order chi connectivity index (χ1) is 11.7. The lowest BCUT2D eigenvalue weighted by molar-refractivity contribution is -0.119. The molecule has 1 aromatic heterocycles. The molecule has 0 unspecified atom stereocenters. The van der Waals surface area contributed by atoms with E-state index in [1.807, 2.05) is 54.6 Å². The molecule has 0 radical (unpaired) electrons. The summed E-state index contributed by atoms with van der Waals surface area (Å²) < 4.78 is 5.20. The van der Waals surface area contributed by atoms with E-state index < -0.39 is 0 Å². The predicted molar refractivity (Wildman–Crippen MR) is 95.0 cm³/mol. The monoisotopic (exact) mass is 320 g/mol. The number of hydrogen-bond acceptors (Lipinski definition) is 3. The molecule has 2 aromatic carbocycles. The van der Waals surface area contributed by atoms with Gasteiger partial charge in [-0.15, -0.1) is 0 Å². The van der Waals surface area contributed by atoms with Crippen molar-refractivity contribution in [1.29, 1.82) is 0 Å². The number of fused-ring (bicyclic) bond motifs is 1. The van der Waals surface area contributed by atoms with Crippen LogP contribution in [-0.4, -0.2) is 18.0 Å². The maximum atomic E-state index is 11.6. The smallest absolute Gasteiger partial charge is 0.217 e. The Balaban J connectivity index is 1.88. The highest BCUT2D eigenvalue weighted by Crippen LogP contribution is 2.22. The van der Waals surface area contributed by atoms with E-state index in [4.69, 9.17) is 9.72 Å². The number of aromatic nitrogens is 1. The molecule has 122 valence electrons. The summed E-state index contributed by atoms with van der Waals surface area (Å²) in [4.78, 5) is 16.3. The summed E-state index contributed by atoms with van der Waals surface area (Å²) in [7, 11) is 1.64. The van der Waals surface area contributed by atoms with Crippen molar-refractivity contribution < 1.29 is 9.53 Å². The lowest BCUT2D eigenvalue weighted by atomic mass is 10.0. The maximum Gasteiger partial charge on any atom is 0.217 e. The zero-order valence-corrected chi connectivity index (χ0v) is 13.8. The summed E-state index contributed by atoms with van der Waals surface area (Å²) in [6.07, 6.45) is 0.636. The number of rotatable bonds is 5. The second kappa shape index (κ2) is 7.13. The lowest BCUT2D eigenvalue weighted by Gasteiger charge is -2.18. The van der Waals surface area contributed by atoms with Crippen LogP contribution >= 0.6 is 0 Å². The molecule has 0 bridgehead atoms. The average Bonchev–Trinajstić information content (AvgIpc) is 2.61. The molecule has 3 aromatic rings. The molecule has 4 heteroatoms. The van der Waals surface area contributed by atoms with Gasteiger partial charge in [0.1, 0.15) is 5.75 Å². The Bertz CT molecular complexity index is 844. The zero-order valence-electron chi connectivity index (χ0n) is 13.8. The van der Waals surface area contributed by atoms with Crippen molar-refractivity contribution in [3.8, 4) is 5.75 Å². The van der Waals surface area contributed by atoms with Crippen LogP contribution in [0, 0.1) is 0 Å². The molecule has 0 saturated heterocycles. The molecule has 0 aliphatic rings. The number of nitrogens with one attached hydrogen (secondary N) is 1. The Morgan fingerprint density at radius 3 is 2.54 bits per heavy atom. The van der Waals surface area contributed by atoms with E-state index in [9.17, 15) is 4.79 Å². The van der Waals surface area contributed by atoms with Crippen molar-refractivity contribution in [2.24, 2.45) is 0 Å². The fourth-order valence-electron chi connectivity index (χ4n) is 2.76. The Morgan fingerprint density at radius 1 is 1.08 bits per heavy atom. The van der Waals surface area contributed by atoms with E-state index in [-0.39, 0.29) is 11.9 Å². The van der Waals surface area contributed by atoms with Crippen LogP contribution in [-0.2, 0) is 11.2 Å². The highest BCUT2D eigenvalue weighted by atomic mass is 16.5. The Morgan fingerprint density at radius 2 is 1.83 bits per heavy atom. The molecule has 0 saturated carbocycles. The number of hydrogen-bond donors (Lipinski definition) is 1. The van der Waals surface area contributed by atoms with Crippen LogP contribution in [0.2, 0.25) is 0 Å². The van der Waals surface area contributed by atoms with Gasteiger partial charge in [-0.05, 0) is 29.8 Å². The summed E-state index contributed by atoms with van der Waals surface area (Å²) in [6, 6.07) is 19.7. The topological polar surface area (TPSA) is 51.2 Å². The van der Waals surface area contributed by atoms with Crippen LogP contribution in [0.15, 0.2) is 60.7 Å². The van der Waals surface area contributed by atoms with Gasteiger partial charge in [-0.3, -0.25) is 9.78 Å². The molecule has 4 nitrogen and oxygen atoms in total. The largest absolute Gasteiger partial charge is 0.497 e. The zero-order chi connectivity index (χ0) is 16.9. The fourth-order valence-corrected chi connectivity index (χ4v) is 2.76. The average molecular weight is 320 g/mol. The van der Waals surface area contributed by atoms with E-state index in [1.165, 1.54) is 6.92 Å². The van der Waals surface area contributed by atoms with Crippen molar-refractivity contribution in [2.45, 2.75) is 19.4 Å². The summed E-state index contributed by atoms with van der Waals surface area (Å²) in [6.45, 7) is 1.53. The molecule has 3 rings (SSSR count). The lowest BCUT2D eigenvalue weighted by Crippen LogP contribution is -2.27. The third-order valence-electron chi connectivity index (χ3n) is 3.97. The van der Waals surface area contributed by atoms with Crippen molar-refractivity contribution in [3.05, 3.63) is 71.9 Å². The van der Waals surface area contributed by atoms with Crippen molar-refractivity contribution >= 4 is 16.8 Å². The molecule has 0 fully saturated rings. The van der Waals surface area contributed by atoms with E-state index in [1.54, 1.807) is 7.11 Å². The first-order valence-corrected chi connectivity index (χ1v) is 7.91. The molecule has 1 amide bonds. The summed E-state index contributed by atoms with van der Waals surface area (Å²) in [5.74, 6) is 0.737. The third-order valence-corrected chi connectivity index (χ3v) is 3.97. The highest BCUT2D eigenvalue weighted by Gasteiger charge is 2.15. The molecule has 1 atom stereocenters. The second-order valence-corrected chi connectivity index (χ2v) is 5.73. The van der Waals surface area contributed by atoms with Gasteiger partial charge in [-0.1, -0.05) is 36.4 Å². The van der Waals surface area contributed by atoms with Gasteiger partial charge in [0, 0.05) is 24.4 Å². The van der Waals surface area contributed by atoms with Crippen LogP contribution in [0.3, 0.4) is 0 Å². The normalized spacial score (nSPS) is 11.9. The van der Waals surface area contributed by atoms with Gasteiger partial charge in [-0.2, -0.15) is 0 Å². The standard InChI is InChI=1S/C20H20N2O2/c1-14(23)21-20(16-8-11-18(24-2)12-9-16)13-17-10-7-15-5-3-4-6-19(15)22-17/h3-12,20H,13H2,1-2H3,(H,21,23)/t20-/m1/s1. The van der Waals surface area contributed by atoms with E-state index in [0.29, 0.717) is 6.42 Å². The van der Waals surface area contributed by atoms with Gasteiger partial charge in [-0.25, -0.2) is 0 Å². The summed E-state index contributed by atoms with van der Waals surface area (Å²) in [5.41, 5.74) is 2.94. The summed E-state index contributed by atoms with van der Waals surface area (Å²) in [5, 5.41) is 4.12. The number of carbonyl (C=O) groups is 1. The van der Waals surface area contributed by atoms with Gasteiger partial charge < -0.3 is 10.1 Å². The summed E-state index contributed by atoms with van der Waals surface area (Å²) >= 11 is 0. The fraction of sp³-hybridized carbons (Fsp3) is 0.200. The van der Waals surface area contributed by atoms with Gasteiger partial charge in [0.2, 0.25) is 5.91 Å². The van der Waals surface area contributed by atoms with Gasteiger partial charge in [0.05, 0.1) is 18.7 Å². The minimum Gasteiger partial charge on any atom is -0.497 e. The number of ether oxygens (including phenoxy) is 1. The van der Waals surface area contributed by atoms with Crippen LogP contribution in [0.4, 0.5) is 0 Å². The molecule has 0 aliphatic carbocycles. The van der Waals surface area contributed by atoms with E-state index in [0.717, 1.165) is 27.9 Å². The number of methoxy groups -OCH3 is 1. The molecular weight excluding hydrogens is 300 g/mol. The number of benzene rings is 2.